The summed E-state index contributed by atoms with van der Waals surface area (Å²) in [7, 11) is 0. The summed E-state index contributed by atoms with van der Waals surface area (Å²) in [5.41, 5.74) is 2.62. The Bertz CT molecular complexity index is 493. The number of thiazole rings is 1. The summed E-state index contributed by atoms with van der Waals surface area (Å²) in [5.74, 6) is 0. The van der Waals surface area contributed by atoms with Crippen molar-refractivity contribution in [1.29, 1.82) is 0 Å². The number of halogens is 1. The van der Waals surface area contributed by atoms with Crippen LogP contribution in [0.1, 0.15) is 35.5 Å². The minimum Gasteiger partial charge on any atom is -0.304 e. The molecule has 0 saturated carbocycles. The maximum atomic E-state index is 5.87. The van der Waals surface area contributed by atoms with E-state index in [4.69, 9.17) is 11.6 Å². The summed E-state index contributed by atoms with van der Waals surface area (Å²) in [6.45, 7) is 5.06. The van der Waals surface area contributed by atoms with Crippen LogP contribution < -0.4 is 5.32 Å². The SMILES string of the molecule is CCC(NCc1ncc(Cl)s1)c1ccc(C)cc1. The van der Waals surface area contributed by atoms with Crippen molar-refractivity contribution in [2.75, 3.05) is 0 Å². The molecule has 2 nitrogen and oxygen atoms in total. The lowest BCUT2D eigenvalue weighted by molar-refractivity contribution is 0.518. The van der Waals surface area contributed by atoms with Crippen LogP contribution in [0, 0.1) is 6.92 Å². The second kappa shape index (κ2) is 6.32. The van der Waals surface area contributed by atoms with Gasteiger partial charge in [0.2, 0.25) is 0 Å². The summed E-state index contributed by atoms with van der Waals surface area (Å²) < 4.78 is 0.746. The lowest BCUT2D eigenvalue weighted by Gasteiger charge is -2.16. The predicted molar refractivity (Wildman–Crippen MR) is 78.2 cm³/mol. The van der Waals surface area contributed by atoms with E-state index in [1.165, 1.54) is 22.5 Å². The van der Waals surface area contributed by atoms with E-state index in [9.17, 15) is 0 Å². The Morgan fingerprint density at radius 2 is 2.06 bits per heavy atom. The molecule has 0 spiro atoms. The molecule has 1 unspecified atom stereocenters. The second-order valence-electron chi connectivity index (χ2n) is 4.31. The minimum atomic E-state index is 0.369. The molecule has 0 radical (unpaired) electrons. The highest BCUT2D eigenvalue weighted by molar-refractivity contribution is 7.15. The summed E-state index contributed by atoms with van der Waals surface area (Å²) in [4.78, 5) is 4.25. The summed E-state index contributed by atoms with van der Waals surface area (Å²) in [6.07, 6.45) is 2.76. The fraction of sp³-hybridized carbons (Fsp3) is 0.357. The number of hydrogen-bond donors (Lipinski definition) is 1. The highest BCUT2D eigenvalue weighted by Crippen LogP contribution is 2.21. The number of aryl methyl sites for hydroxylation is 1. The molecule has 1 aromatic heterocycles. The van der Waals surface area contributed by atoms with Crippen molar-refractivity contribution in [2.24, 2.45) is 0 Å². The van der Waals surface area contributed by atoms with Crippen LogP contribution in [0.5, 0.6) is 0 Å². The zero-order valence-corrected chi connectivity index (χ0v) is 12.2. The number of nitrogens with one attached hydrogen (secondary N) is 1. The van der Waals surface area contributed by atoms with Crippen LogP contribution in [-0.4, -0.2) is 4.98 Å². The van der Waals surface area contributed by atoms with Gasteiger partial charge in [-0.1, -0.05) is 48.4 Å². The molecule has 0 amide bonds. The maximum absolute atomic E-state index is 5.87. The van der Waals surface area contributed by atoms with Crippen molar-refractivity contribution in [1.82, 2.24) is 10.3 Å². The molecule has 0 aliphatic rings. The first-order chi connectivity index (χ1) is 8.69. The number of nitrogens with zero attached hydrogens (tertiary/aromatic N) is 1. The molecule has 2 rings (SSSR count). The summed E-state index contributed by atoms with van der Waals surface area (Å²) in [5, 5.41) is 4.56. The van der Waals surface area contributed by atoms with Gasteiger partial charge in [-0.25, -0.2) is 4.98 Å². The average molecular weight is 281 g/mol. The van der Waals surface area contributed by atoms with Gasteiger partial charge in [-0.2, -0.15) is 0 Å². The monoisotopic (exact) mass is 280 g/mol. The molecule has 0 aliphatic heterocycles. The Morgan fingerprint density at radius 3 is 2.61 bits per heavy atom. The van der Waals surface area contributed by atoms with E-state index < -0.39 is 0 Å². The van der Waals surface area contributed by atoms with E-state index in [1.54, 1.807) is 6.20 Å². The Hall–Kier alpha value is -0.900. The smallest absolute Gasteiger partial charge is 0.113 e. The Balaban J connectivity index is 1.99. The van der Waals surface area contributed by atoms with Gasteiger partial charge < -0.3 is 5.32 Å². The third-order valence-electron chi connectivity index (χ3n) is 2.91. The lowest BCUT2D eigenvalue weighted by Crippen LogP contribution is -2.20. The molecule has 0 fully saturated rings. The molecule has 0 bridgehead atoms. The van der Waals surface area contributed by atoms with E-state index in [1.807, 2.05) is 0 Å². The van der Waals surface area contributed by atoms with E-state index >= 15 is 0 Å². The van der Waals surface area contributed by atoms with E-state index in [0.29, 0.717) is 6.04 Å². The third kappa shape index (κ3) is 3.55. The van der Waals surface area contributed by atoms with Gasteiger partial charge >= 0.3 is 0 Å². The predicted octanol–water partition coefficient (Wildman–Crippen LogP) is 4.35. The molecule has 96 valence electrons. The van der Waals surface area contributed by atoms with Gasteiger partial charge in [0.1, 0.15) is 9.34 Å². The van der Waals surface area contributed by atoms with Crippen molar-refractivity contribution in [2.45, 2.75) is 32.9 Å². The number of rotatable bonds is 5. The standard InChI is InChI=1S/C14H17ClN2S/c1-3-12(11-6-4-10(2)5-7-11)16-9-14-17-8-13(15)18-14/h4-8,12,16H,3,9H2,1-2H3. The molecular weight excluding hydrogens is 264 g/mol. The summed E-state index contributed by atoms with van der Waals surface area (Å²) in [6, 6.07) is 9.05. The van der Waals surface area contributed by atoms with Crippen LogP contribution in [0.25, 0.3) is 0 Å². The number of aromatic nitrogens is 1. The van der Waals surface area contributed by atoms with E-state index in [-0.39, 0.29) is 0 Å². The molecule has 1 aromatic carbocycles. The summed E-state index contributed by atoms with van der Waals surface area (Å²) >= 11 is 7.40. The fourth-order valence-electron chi connectivity index (χ4n) is 1.88. The van der Waals surface area contributed by atoms with Crippen molar-refractivity contribution in [3.63, 3.8) is 0 Å². The second-order valence-corrected chi connectivity index (χ2v) is 6.06. The van der Waals surface area contributed by atoms with Crippen LogP contribution >= 0.6 is 22.9 Å². The minimum absolute atomic E-state index is 0.369. The molecular formula is C14H17ClN2S. The number of hydrogen-bond acceptors (Lipinski definition) is 3. The molecule has 1 heterocycles. The normalized spacial score (nSPS) is 12.6. The van der Waals surface area contributed by atoms with Crippen LogP contribution in [0.3, 0.4) is 0 Å². The van der Waals surface area contributed by atoms with Crippen LogP contribution in [0.4, 0.5) is 0 Å². The molecule has 18 heavy (non-hydrogen) atoms. The molecule has 2 aromatic rings. The Kier molecular flexibility index (Phi) is 4.75. The van der Waals surface area contributed by atoms with Crippen LogP contribution in [0.15, 0.2) is 30.5 Å². The van der Waals surface area contributed by atoms with E-state index in [0.717, 1.165) is 22.3 Å². The fourth-order valence-corrected chi connectivity index (χ4v) is 2.78. The van der Waals surface area contributed by atoms with Crippen LogP contribution in [-0.2, 0) is 6.54 Å². The Morgan fingerprint density at radius 1 is 1.33 bits per heavy atom. The van der Waals surface area contributed by atoms with Gasteiger partial charge in [0.25, 0.3) is 0 Å². The quantitative estimate of drug-likeness (QED) is 0.881. The zero-order chi connectivity index (χ0) is 13.0. The molecule has 1 atom stereocenters. The zero-order valence-electron chi connectivity index (χ0n) is 10.6. The van der Waals surface area contributed by atoms with Crippen LogP contribution in [0.2, 0.25) is 4.34 Å². The van der Waals surface area contributed by atoms with Gasteiger partial charge in [0.05, 0.1) is 6.20 Å². The topological polar surface area (TPSA) is 24.9 Å². The van der Waals surface area contributed by atoms with Crippen molar-refractivity contribution in [3.8, 4) is 0 Å². The van der Waals surface area contributed by atoms with Gasteiger partial charge in [-0.15, -0.1) is 11.3 Å². The van der Waals surface area contributed by atoms with Gasteiger partial charge in [0.15, 0.2) is 0 Å². The van der Waals surface area contributed by atoms with Gasteiger partial charge in [0, 0.05) is 12.6 Å². The number of benzene rings is 1. The molecule has 0 saturated heterocycles. The molecule has 0 aliphatic carbocycles. The Labute approximate surface area is 117 Å². The largest absolute Gasteiger partial charge is 0.304 e. The third-order valence-corrected chi connectivity index (χ3v) is 4.03. The highest BCUT2D eigenvalue weighted by atomic mass is 35.5. The highest BCUT2D eigenvalue weighted by Gasteiger charge is 2.09. The first-order valence-electron chi connectivity index (χ1n) is 6.09. The lowest BCUT2D eigenvalue weighted by atomic mass is 10.0. The molecule has 4 heteroatoms. The average Bonchev–Trinajstić information content (AvgIpc) is 2.78. The molecule has 1 N–H and O–H groups in total. The van der Waals surface area contributed by atoms with Crippen molar-refractivity contribution < 1.29 is 0 Å². The first kappa shape index (κ1) is 13.5. The first-order valence-corrected chi connectivity index (χ1v) is 7.28. The van der Waals surface area contributed by atoms with Crippen molar-refractivity contribution in [3.05, 3.63) is 50.9 Å². The van der Waals surface area contributed by atoms with Gasteiger partial charge in [-0.05, 0) is 18.9 Å². The van der Waals surface area contributed by atoms with Gasteiger partial charge in [-0.3, -0.25) is 0 Å². The maximum Gasteiger partial charge on any atom is 0.113 e. The van der Waals surface area contributed by atoms with E-state index in [2.05, 4.69) is 48.4 Å². The van der Waals surface area contributed by atoms with Crippen molar-refractivity contribution >= 4 is 22.9 Å².